The van der Waals surface area contributed by atoms with Crippen molar-refractivity contribution in [3.63, 3.8) is 0 Å². The minimum absolute atomic E-state index is 0.135. The highest BCUT2D eigenvalue weighted by Gasteiger charge is 2.38. The molecule has 0 saturated heterocycles. The summed E-state index contributed by atoms with van der Waals surface area (Å²) in [5.41, 5.74) is 1.28. The SMILES string of the molecule is O=C(COCc1nc2ccccc2s1)ON1C(=O)c2ccccc2C1=O. The molecule has 0 spiro atoms. The Morgan fingerprint density at radius 2 is 1.65 bits per heavy atom. The molecule has 3 aromatic rings. The molecule has 7 nitrogen and oxygen atoms in total. The molecule has 1 aliphatic rings. The number of nitrogens with zero attached hydrogens (tertiary/aromatic N) is 2. The van der Waals surface area contributed by atoms with Gasteiger partial charge in [0.2, 0.25) is 0 Å². The summed E-state index contributed by atoms with van der Waals surface area (Å²) in [5, 5.41) is 1.19. The Morgan fingerprint density at radius 1 is 1.00 bits per heavy atom. The van der Waals surface area contributed by atoms with E-state index in [1.807, 2.05) is 24.3 Å². The van der Waals surface area contributed by atoms with E-state index in [-0.39, 0.29) is 17.7 Å². The van der Waals surface area contributed by atoms with Crippen LogP contribution in [0.2, 0.25) is 0 Å². The molecule has 0 aliphatic carbocycles. The molecule has 1 aliphatic heterocycles. The van der Waals surface area contributed by atoms with Crippen LogP contribution < -0.4 is 0 Å². The van der Waals surface area contributed by atoms with Crippen LogP contribution in [0, 0.1) is 0 Å². The fourth-order valence-electron chi connectivity index (χ4n) is 2.58. The molecule has 2 amide bonds. The molecule has 1 aromatic heterocycles. The molecule has 0 unspecified atom stereocenters. The maximum Gasteiger partial charge on any atom is 0.358 e. The summed E-state index contributed by atoms with van der Waals surface area (Å²) in [6.45, 7) is -0.264. The highest BCUT2D eigenvalue weighted by Crippen LogP contribution is 2.23. The number of thiazole rings is 1. The fraction of sp³-hybridized carbons (Fsp3) is 0.111. The molecule has 2 heterocycles. The number of hydrogen-bond donors (Lipinski definition) is 0. The van der Waals surface area contributed by atoms with Gasteiger partial charge in [0, 0.05) is 0 Å². The Morgan fingerprint density at radius 3 is 2.35 bits per heavy atom. The van der Waals surface area contributed by atoms with Crippen LogP contribution in [0.3, 0.4) is 0 Å². The summed E-state index contributed by atoms with van der Waals surface area (Å²) in [6.07, 6.45) is 0. The van der Waals surface area contributed by atoms with Crippen molar-refractivity contribution in [3.05, 3.63) is 64.7 Å². The van der Waals surface area contributed by atoms with Crippen molar-refractivity contribution in [2.75, 3.05) is 6.61 Å². The maximum atomic E-state index is 12.1. The molecule has 0 radical (unpaired) electrons. The van der Waals surface area contributed by atoms with Crippen LogP contribution in [0.5, 0.6) is 0 Å². The van der Waals surface area contributed by atoms with Crippen molar-refractivity contribution in [3.8, 4) is 0 Å². The highest BCUT2D eigenvalue weighted by molar-refractivity contribution is 7.18. The second kappa shape index (κ2) is 6.66. The predicted molar refractivity (Wildman–Crippen MR) is 92.3 cm³/mol. The van der Waals surface area contributed by atoms with E-state index >= 15 is 0 Å². The molecule has 0 saturated carbocycles. The average Bonchev–Trinajstić information content (AvgIpc) is 3.16. The first-order valence-electron chi connectivity index (χ1n) is 7.74. The van der Waals surface area contributed by atoms with Crippen molar-refractivity contribution in [2.24, 2.45) is 0 Å². The van der Waals surface area contributed by atoms with E-state index in [4.69, 9.17) is 9.57 Å². The molecule has 0 bridgehead atoms. The van der Waals surface area contributed by atoms with E-state index in [1.54, 1.807) is 12.1 Å². The van der Waals surface area contributed by atoms with Gasteiger partial charge in [-0.3, -0.25) is 9.59 Å². The smallest absolute Gasteiger partial charge is 0.358 e. The van der Waals surface area contributed by atoms with E-state index in [2.05, 4.69) is 4.98 Å². The molecule has 8 heteroatoms. The number of rotatable bonds is 5. The maximum absolute atomic E-state index is 12.1. The lowest BCUT2D eigenvalue weighted by Gasteiger charge is -2.12. The molecule has 26 heavy (non-hydrogen) atoms. The van der Waals surface area contributed by atoms with E-state index in [1.165, 1.54) is 23.5 Å². The first-order valence-corrected chi connectivity index (χ1v) is 8.56. The number of fused-ring (bicyclic) bond motifs is 2. The van der Waals surface area contributed by atoms with Crippen LogP contribution in [0.25, 0.3) is 10.2 Å². The summed E-state index contributed by atoms with van der Waals surface area (Å²) in [6, 6.07) is 13.9. The average molecular weight is 368 g/mol. The standard InChI is InChI=1S/C18H12N2O5S/c21-16(10-24-9-15-19-13-7-3-4-8-14(13)26-15)25-20-17(22)11-5-1-2-6-12(11)18(20)23/h1-8H,9-10H2. The molecule has 2 aromatic carbocycles. The lowest BCUT2D eigenvalue weighted by atomic mass is 10.1. The van der Waals surface area contributed by atoms with Crippen molar-refractivity contribution in [1.29, 1.82) is 0 Å². The highest BCUT2D eigenvalue weighted by atomic mass is 32.1. The van der Waals surface area contributed by atoms with Crippen LogP contribution >= 0.6 is 11.3 Å². The van der Waals surface area contributed by atoms with Gasteiger partial charge in [-0.25, -0.2) is 9.78 Å². The number of amides is 2. The number of para-hydroxylation sites is 1. The van der Waals surface area contributed by atoms with Crippen LogP contribution in [0.15, 0.2) is 48.5 Å². The molecule has 130 valence electrons. The van der Waals surface area contributed by atoms with E-state index < -0.39 is 24.4 Å². The van der Waals surface area contributed by atoms with Crippen molar-refractivity contribution in [1.82, 2.24) is 10.0 Å². The molecular weight excluding hydrogens is 356 g/mol. The number of benzene rings is 2. The zero-order valence-corrected chi connectivity index (χ0v) is 14.2. The number of carbonyl (C=O) groups excluding carboxylic acids is 3. The van der Waals surface area contributed by atoms with E-state index in [0.29, 0.717) is 5.06 Å². The molecule has 0 atom stereocenters. The molecule has 0 N–H and O–H groups in total. The van der Waals surface area contributed by atoms with Crippen molar-refractivity contribution in [2.45, 2.75) is 6.61 Å². The monoisotopic (exact) mass is 368 g/mol. The van der Waals surface area contributed by atoms with Gasteiger partial charge >= 0.3 is 5.97 Å². The summed E-state index contributed by atoms with van der Waals surface area (Å²) in [7, 11) is 0. The van der Waals surface area contributed by atoms with Gasteiger partial charge in [0.05, 0.1) is 28.0 Å². The van der Waals surface area contributed by atoms with Gasteiger partial charge in [-0.1, -0.05) is 29.3 Å². The number of carbonyl (C=O) groups is 3. The van der Waals surface area contributed by atoms with Gasteiger partial charge in [0.15, 0.2) is 0 Å². The first-order chi connectivity index (χ1) is 12.6. The lowest BCUT2D eigenvalue weighted by Crippen LogP contribution is -2.34. The summed E-state index contributed by atoms with van der Waals surface area (Å²) >= 11 is 1.47. The molecular formula is C18H12N2O5S. The second-order valence-electron chi connectivity index (χ2n) is 5.48. The Kier molecular flexibility index (Phi) is 4.19. The summed E-state index contributed by atoms with van der Waals surface area (Å²) in [5.74, 6) is -2.16. The van der Waals surface area contributed by atoms with Gasteiger partial charge < -0.3 is 9.57 Å². The van der Waals surface area contributed by atoms with Crippen LogP contribution in [0.4, 0.5) is 0 Å². The van der Waals surface area contributed by atoms with E-state index in [0.717, 1.165) is 15.2 Å². The number of aromatic nitrogens is 1. The van der Waals surface area contributed by atoms with Crippen LogP contribution in [0.1, 0.15) is 25.7 Å². The number of imide groups is 1. The number of ether oxygens (including phenoxy) is 1. The van der Waals surface area contributed by atoms with Gasteiger partial charge in [-0.2, -0.15) is 0 Å². The number of hydrogen-bond acceptors (Lipinski definition) is 7. The minimum Gasteiger partial charge on any atom is -0.362 e. The summed E-state index contributed by atoms with van der Waals surface area (Å²) in [4.78, 5) is 45.4. The lowest BCUT2D eigenvalue weighted by molar-refractivity contribution is -0.174. The van der Waals surface area contributed by atoms with E-state index in [9.17, 15) is 14.4 Å². The van der Waals surface area contributed by atoms with Gasteiger partial charge in [-0.15, -0.1) is 11.3 Å². The van der Waals surface area contributed by atoms with Gasteiger partial charge in [-0.05, 0) is 24.3 Å². The normalized spacial score (nSPS) is 13.3. The van der Waals surface area contributed by atoms with Crippen molar-refractivity contribution >= 4 is 39.3 Å². The van der Waals surface area contributed by atoms with Gasteiger partial charge in [0.25, 0.3) is 11.8 Å². The number of hydroxylamine groups is 2. The minimum atomic E-state index is -0.833. The Bertz CT molecular complexity index is 961. The fourth-order valence-corrected chi connectivity index (χ4v) is 3.49. The molecule has 0 fully saturated rings. The third kappa shape index (κ3) is 2.96. The second-order valence-corrected chi connectivity index (χ2v) is 6.60. The Hall–Kier alpha value is -3.10. The van der Waals surface area contributed by atoms with Crippen molar-refractivity contribution < 1.29 is 24.0 Å². The van der Waals surface area contributed by atoms with Gasteiger partial charge in [0.1, 0.15) is 11.6 Å². The quantitative estimate of drug-likeness (QED) is 0.644. The third-order valence-corrected chi connectivity index (χ3v) is 4.74. The van der Waals surface area contributed by atoms with Crippen LogP contribution in [-0.2, 0) is 21.0 Å². The zero-order valence-electron chi connectivity index (χ0n) is 13.4. The topological polar surface area (TPSA) is 85.8 Å². The predicted octanol–water partition coefficient (Wildman–Crippen LogP) is 2.57. The first kappa shape index (κ1) is 16.4. The largest absolute Gasteiger partial charge is 0.362 e. The Balaban J connectivity index is 1.33. The Labute approximate surface area is 151 Å². The zero-order chi connectivity index (χ0) is 18.1. The summed E-state index contributed by atoms with van der Waals surface area (Å²) < 4.78 is 6.32. The third-order valence-electron chi connectivity index (χ3n) is 3.73. The molecule has 4 rings (SSSR count). The van der Waals surface area contributed by atoms with Crippen LogP contribution in [-0.4, -0.2) is 34.4 Å².